The fraction of sp³-hybridized carbons (Fsp3) is 0.250. The molecule has 9 heteroatoms. The van der Waals surface area contributed by atoms with E-state index in [4.69, 9.17) is 10.8 Å². The minimum Gasteiger partial charge on any atom is -0.480 e. The van der Waals surface area contributed by atoms with E-state index in [1.165, 1.54) is 17.5 Å². The molecule has 0 unspecified atom stereocenters. The predicted molar refractivity (Wildman–Crippen MR) is 59.9 cm³/mol. The summed E-state index contributed by atoms with van der Waals surface area (Å²) in [5, 5.41) is 10.1. The lowest BCUT2D eigenvalue weighted by molar-refractivity contribution is -0.137. The standard InChI is InChI=1S/C8H10N2O5S2/c9-6(11)4-10(5-7(12)13)17(14,15)8-2-1-3-16-8/h1-3H,4-5H2,(H2,9,11)(H,12,13). The third kappa shape index (κ3) is 3.51. The molecule has 0 aliphatic carbocycles. The molecule has 3 N–H and O–H groups in total. The summed E-state index contributed by atoms with van der Waals surface area (Å²) in [7, 11) is -3.98. The zero-order valence-corrected chi connectivity index (χ0v) is 10.2. The van der Waals surface area contributed by atoms with E-state index in [1.54, 1.807) is 0 Å². The highest BCUT2D eigenvalue weighted by molar-refractivity contribution is 7.91. The summed E-state index contributed by atoms with van der Waals surface area (Å²) in [6.07, 6.45) is 0. The molecule has 1 rings (SSSR count). The van der Waals surface area contributed by atoms with E-state index >= 15 is 0 Å². The number of rotatable bonds is 6. The average molecular weight is 278 g/mol. The van der Waals surface area contributed by atoms with Crippen LogP contribution in [0.25, 0.3) is 0 Å². The number of amides is 1. The van der Waals surface area contributed by atoms with Gasteiger partial charge in [-0.15, -0.1) is 11.3 Å². The number of carbonyl (C=O) groups excluding carboxylic acids is 1. The van der Waals surface area contributed by atoms with Crippen molar-refractivity contribution in [1.29, 1.82) is 0 Å². The minimum absolute atomic E-state index is 0.0278. The van der Waals surface area contributed by atoms with Gasteiger partial charge in [0, 0.05) is 0 Å². The molecule has 0 aromatic carbocycles. The monoisotopic (exact) mass is 278 g/mol. The summed E-state index contributed by atoms with van der Waals surface area (Å²) in [5.74, 6) is -2.27. The highest BCUT2D eigenvalue weighted by atomic mass is 32.2. The molecule has 0 aliphatic heterocycles. The SMILES string of the molecule is NC(=O)CN(CC(=O)O)S(=O)(=O)c1cccs1. The summed E-state index contributed by atoms with van der Waals surface area (Å²) in [6, 6.07) is 2.84. The third-order valence-electron chi connectivity index (χ3n) is 1.73. The first-order valence-electron chi connectivity index (χ1n) is 4.38. The molecular formula is C8H10N2O5S2. The highest BCUT2D eigenvalue weighted by Crippen LogP contribution is 2.20. The Labute approximate surface area is 102 Å². The van der Waals surface area contributed by atoms with Crippen LogP contribution < -0.4 is 5.73 Å². The van der Waals surface area contributed by atoms with Gasteiger partial charge in [0.25, 0.3) is 10.0 Å². The smallest absolute Gasteiger partial charge is 0.318 e. The first kappa shape index (κ1) is 13.6. The number of sulfonamides is 1. The first-order chi connectivity index (χ1) is 7.84. The number of carboxylic acid groups (broad SMARTS) is 1. The maximum absolute atomic E-state index is 11.9. The number of primary amides is 1. The van der Waals surface area contributed by atoms with Crippen molar-refractivity contribution in [2.75, 3.05) is 13.1 Å². The van der Waals surface area contributed by atoms with Crippen LogP contribution in [0, 0.1) is 0 Å². The van der Waals surface area contributed by atoms with Gasteiger partial charge in [-0.2, -0.15) is 4.31 Å². The van der Waals surface area contributed by atoms with Crippen molar-refractivity contribution < 1.29 is 23.1 Å². The van der Waals surface area contributed by atoms with Gasteiger partial charge < -0.3 is 10.8 Å². The van der Waals surface area contributed by atoms with E-state index < -0.39 is 35.0 Å². The van der Waals surface area contributed by atoms with Gasteiger partial charge in [-0.1, -0.05) is 6.07 Å². The number of hydrogen-bond donors (Lipinski definition) is 2. The second kappa shape index (κ2) is 5.25. The second-order valence-corrected chi connectivity index (χ2v) is 6.18. The van der Waals surface area contributed by atoms with Crippen molar-refractivity contribution >= 4 is 33.2 Å². The number of aliphatic carboxylic acids is 1. The normalized spacial score (nSPS) is 11.6. The van der Waals surface area contributed by atoms with Gasteiger partial charge in [0.05, 0.1) is 6.54 Å². The zero-order chi connectivity index (χ0) is 13.1. The van der Waals surface area contributed by atoms with Gasteiger partial charge in [-0.25, -0.2) is 8.42 Å². The average Bonchev–Trinajstić information content (AvgIpc) is 2.68. The Morgan fingerprint density at radius 3 is 2.47 bits per heavy atom. The van der Waals surface area contributed by atoms with Gasteiger partial charge in [0.1, 0.15) is 10.8 Å². The number of nitrogens with two attached hydrogens (primary N) is 1. The van der Waals surface area contributed by atoms with Gasteiger partial charge in [0.2, 0.25) is 5.91 Å². The van der Waals surface area contributed by atoms with Gasteiger partial charge in [-0.3, -0.25) is 9.59 Å². The molecule has 1 aromatic rings. The van der Waals surface area contributed by atoms with Crippen LogP contribution in [0.1, 0.15) is 0 Å². The summed E-state index contributed by atoms with van der Waals surface area (Å²) in [5.41, 5.74) is 4.88. The molecule has 1 amide bonds. The molecule has 0 radical (unpaired) electrons. The topological polar surface area (TPSA) is 118 Å². The van der Waals surface area contributed by atoms with E-state index in [0.29, 0.717) is 4.31 Å². The Bertz CT molecular complexity index is 492. The van der Waals surface area contributed by atoms with E-state index in [0.717, 1.165) is 11.3 Å². The zero-order valence-electron chi connectivity index (χ0n) is 8.57. The van der Waals surface area contributed by atoms with Crippen molar-refractivity contribution in [3.8, 4) is 0 Å². The predicted octanol–water partition coefficient (Wildman–Crippen LogP) is -0.691. The van der Waals surface area contributed by atoms with Crippen LogP contribution in [0.4, 0.5) is 0 Å². The fourth-order valence-electron chi connectivity index (χ4n) is 1.09. The highest BCUT2D eigenvalue weighted by Gasteiger charge is 2.28. The summed E-state index contributed by atoms with van der Waals surface area (Å²) >= 11 is 0.938. The lowest BCUT2D eigenvalue weighted by Crippen LogP contribution is -2.41. The van der Waals surface area contributed by atoms with E-state index in [2.05, 4.69) is 0 Å². The number of carboxylic acids is 1. The Morgan fingerprint density at radius 2 is 2.06 bits per heavy atom. The number of hydrogen-bond acceptors (Lipinski definition) is 5. The Balaban J connectivity index is 3.04. The quantitative estimate of drug-likeness (QED) is 0.714. The Kier molecular flexibility index (Phi) is 4.21. The fourth-order valence-corrected chi connectivity index (χ4v) is 3.59. The molecule has 17 heavy (non-hydrogen) atoms. The summed E-state index contributed by atoms with van der Waals surface area (Å²) in [6.45, 7) is -1.46. The Hall–Kier alpha value is -1.45. The Morgan fingerprint density at radius 1 is 1.41 bits per heavy atom. The molecule has 0 saturated heterocycles. The molecule has 0 atom stereocenters. The van der Waals surface area contributed by atoms with E-state index in [1.807, 2.05) is 0 Å². The van der Waals surface area contributed by atoms with Crippen LogP contribution in [-0.4, -0.2) is 42.8 Å². The molecule has 94 valence electrons. The lowest BCUT2D eigenvalue weighted by atomic mass is 10.5. The van der Waals surface area contributed by atoms with Crippen LogP contribution in [0.2, 0.25) is 0 Å². The van der Waals surface area contributed by atoms with Crippen LogP contribution in [0.3, 0.4) is 0 Å². The number of carbonyl (C=O) groups is 2. The van der Waals surface area contributed by atoms with Crippen LogP contribution in [0.5, 0.6) is 0 Å². The van der Waals surface area contributed by atoms with Gasteiger partial charge in [-0.05, 0) is 11.4 Å². The van der Waals surface area contributed by atoms with Crippen molar-refractivity contribution in [2.24, 2.45) is 5.73 Å². The molecule has 0 spiro atoms. The molecule has 0 bridgehead atoms. The molecule has 0 saturated carbocycles. The molecule has 0 fully saturated rings. The molecule has 1 heterocycles. The molecule has 1 aromatic heterocycles. The van der Waals surface area contributed by atoms with Gasteiger partial charge >= 0.3 is 5.97 Å². The van der Waals surface area contributed by atoms with Crippen molar-refractivity contribution in [3.05, 3.63) is 17.5 Å². The van der Waals surface area contributed by atoms with Crippen molar-refractivity contribution in [2.45, 2.75) is 4.21 Å². The van der Waals surface area contributed by atoms with Crippen LogP contribution in [-0.2, 0) is 19.6 Å². The van der Waals surface area contributed by atoms with Crippen molar-refractivity contribution in [1.82, 2.24) is 4.31 Å². The maximum Gasteiger partial charge on any atom is 0.318 e. The van der Waals surface area contributed by atoms with E-state index in [-0.39, 0.29) is 4.21 Å². The third-order valence-corrected chi connectivity index (χ3v) is 4.90. The first-order valence-corrected chi connectivity index (χ1v) is 6.70. The largest absolute Gasteiger partial charge is 0.480 e. The minimum atomic E-state index is -3.98. The summed E-state index contributed by atoms with van der Waals surface area (Å²) in [4.78, 5) is 21.3. The van der Waals surface area contributed by atoms with Crippen LogP contribution in [0.15, 0.2) is 21.7 Å². The maximum atomic E-state index is 11.9. The number of thiophene rings is 1. The van der Waals surface area contributed by atoms with Crippen molar-refractivity contribution in [3.63, 3.8) is 0 Å². The molecule has 7 nitrogen and oxygen atoms in total. The second-order valence-electron chi connectivity index (χ2n) is 3.07. The molecule has 0 aliphatic rings. The summed E-state index contributed by atoms with van der Waals surface area (Å²) < 4.78 is 24.4. The molecular weight excluding hydrogens is 268 g/mol. The van der Waals surface area contributed by atoms with Crippen LogP contribution >= 0.6 is 11.3 Å². The van der Waals surface area contributed by atoms with E-state index in [9.17, 15) is 18.0 Å². The van der Waals surface area contributed by atoms with Gasteiger partial charge in [0.15, 0.2) is 0 Å². The number of nitrogens with zero attached hydrogens (tertiary/aromatic N) is 1. The lowest BCUT2D eigenvalue weighted by Gasteiger charge is -2.17.